The quantitative estimate of drug-likeness (QED) is 0.404. The lowest BCUT2D eigenvalue weighted by atomic mass is 10.2. The van der Waals surface area contributed by atoms with Gasteiger partial charge in [-0.15, -0.1) is 0 Å². The number of hydrogen-bond acceptors (Lipinski definition) is 7. The Kier molecular flexibility index (Phi) is 3.88. The van der Waals surface area contributed by atoms with Crippen molar-refractivity contribution in [3.63, 3.8) is 0 Å². The first-order chi connectivity index (χ1) is 11.1. The molecule has 1 aromatic carbocycles. The van der Waals surface area contributed by atoms with E-state index in [9.17, 15) is 14.9 Å². The Balaban J connectivity index is 1.65. The minimum atomic E-state index is -0.684. The second kappa shape index (κ2) is 6.14. The van der Waals surface area contributed by atoms with Gasteiger partial charge in [0.05, 0.1) is 16.7 Å². The van der Waals surface area contributed by atoms with Crippen molar-refractivity contribution in [1.29, 1.82) is 0 Å². The Bertz CT molecular complexity index is 837. The summed E-state index contributed by atoms with van der Waals surface area (Å²) in [6, 6.07) is 10.3. The minimum absolute atomic E-state index is 0.0916. The zero-order valence-corrected chi connectivity index (χ0v) is 11.7. The van der Waals surface area contributed by atoms with Crippen molar-refractivity contribution in [3.05, 3.63) is 70.1 Å². The standard InChI is InChI=1S/C15H10N2O6/c18-15(10-3-1-4-12(7-10)17(19)20)22-9-11-8-14(23-16-11)13-5-2-6-21-13/h1-8H,9H2. The Morgan fingerprint density at radius 3 is 2.83 bits per heavy atom. The summed E-state index contributed by atoms with van der Waals surface area (Å²) in [5.74, 6) is 0.237. The Labute approximate surface area is 129 Å². The molecule has 0 bridgehead atoms. The maximum absolute atomic E-state index is 11.9. The smallest absolute Gasteiger partial charge is 0.338 e. The molecule has 3 aromatic rings. The number of rotatable bonds is 5. The summed E-state index contributed by atoms with van der Waals surface area (Å²) in [6.45, 7) is -0.119. The largest absolute Gasteiger partial charge is 0.461 e. The number of carbonyl (C=O) groups excluding carboxylic acids is 1. The number of hydrogen-bond donors (Lipinski definition) is 0. The molecule has 0 saturated heterocycles. The van der Waals surface area contributed by atoms with Crippen molar-refractivity contribution in [2.45, 2.75) is 6.61 Å². The third kappa shape index (κ3) is 3.26. The summed E-state index contributed by atoms with van der Waals surface area (Å²) in [5.41, 5.74) is 0.310. The highest BCUT2D eigenvalue weighted by molar-refractivity contribution is 5.90. The van der Waals surface area contributed by atoms with Gasteiger partial charge in [0.2, 0.25) is 5.76 Å². The third-order valence-corrected chi connectivity index (χ3v) is 2.97. The molecule has 0 unspecified atom stereocenters. The normalized spacial score (nSPS) is 10.4. The highest BCUT2D eigenvalue weighted by atomic mass is 16.6. The van der Waals surface area contributed by atoms with Gasteiger partial charge >= 0.3 is 5.97 Å². The van der Waals surface area contributed by atoms with Gasteiger partial charge in [-0.1, -0.05) is 11.2 Å². The molecule has 2 heterocycles. The number of nitrogens with zero attached hydrogens (tertiary/aromatic N) is 2. The molecule has 2 aromatic heterocycles. The first kappa shape index (κ1) is 14.5. The molecule has 0 fully saturated rings. The molecular weight excluding hydrogens is 304 g/mol. The van der Waals surface area contributed by atoms with E-state index in [0.717, 1.165) is 6.07 Å². The van der Waals surface area contributed by atoms with E-state index in [1.165, 1.54) is 24.5 Å². The fourth-order valence-electron chi connectivity index (χ4n) is 1.88. The summed E-state index contributed by atoms with van der Waals surface area (Å²) in [4.78, 5) is 22.0. The van der Waals surface area contributed by atoms with E-state index in [1.54, 1.807) is 18.2 Å². The van der Waals surface area contributed by atoms with Crippen molar-refractivity contribution >= 4 is 11.7 Å². The average molecular weight is 314 g/mol. The molecule has 8 heteroatoms. The third-order valence-electron chi connectivity index (χ3n) is 2.97. The fraction of sp³-hybridized carbons (Fsp3) is 0.0667. The van der Waals surface area contributed by atoms with Crippen molar-refractivity contribution in [3.8, 4) is 11.5 Å². The van der Waals surface area contributed by atoms with Crippen LogP contribution in [0.5, 0.6) is 0 Å². The van der Waals surface area contributed by atoms with Crippen LogP contribution >= 0.6 is 0 Å². The second-order valence-electron chi connectivity index (χ2n) is 4.54. The van der Waals surface area contributed by atoms with Crippen LogP contribution in [0.25, 0.3) is 11.5 Å². The monoisotopic (exact) mass is 314 g/mol. The van der Waals surface area contributed by atoms with Crippen LogP contribution < -0.4 is 0 Å². The van der Waals surface area contributed by atoms with Crippen LogP contribution in [-0.4, -0.2) is 16.0 Å². The molecule has 0 aliphatic heterocycles. The topological polar surface area (TPSA) is 109 Å². The van der Waals surface area contributed by atoms with E-state index in [4.69, 9.17) is 13.7 Å². The van der Waals surface area contributed by atoms with Crippen molar-refractivity contribution in [2.24, 2.45) is 0 Å². The van der Waals surface area contributed by atoms with E-state index in [-0.39, 0.29) is 17.9 Å². The van der Waals surface area contributed by atoms with Gasteiger partial charge in [0, 0.05) is 18.2 Å². The molecule has 0 radical (unpaired) electrons. The van der Waals surface area contributed by atoms with Crippen molar-refractivity contribution in [2.75, 3.05) is 0 Å². The summed E-state index contributed by atoms with van der Waals surface area (Å²) < 4.78 is 15.3. The molecule has 0 amide bonds. The molecule has 0 spiro atoms. The van der Waals surface area contributed by atoms with Gasteiger partial charge in [-0.2, -0.15) is 0 Å². The molecule has 8 nitrogen and oxygen atoms in total. The van der Waals surface area contributed by atoms with Crippen LogP contribution in [0.3, 0.4) is 0 Å². The van der Waals surface area contributed by atoms with Crippen molar-refractivity contribution in [1.82, 2.24) is 5.16 Å². The van der Waals surface area contributed by atoms with Crippen LogP contribution in [0.15, 0.2) is 57.7 Å². The zero-order chi connectivity index (χ0) is 16.2. The van der Waals surface area contributed by atoms with Gasteiger partial charge < -0.3 is 13.7 Å². The van der Waals surface area contributed by atoms with Crippen LogP contribution in [0.2, 0.25) is 0 Å². The number of nitro benzene ring substituents is 1. The van der Waals surface area contributed by atoms with Gasteiger partial charge in [-0.25, -0.2) is 4.79 Å². The molecule has 3 rings (SSSR count). The number of carbonyl (C=O) groups is 1. The van der Waals surface area contributed by atoms with E-state index in [2.05, 4.69) is 5.16 Å². The minimum Gasteiger partial charge on any atom is -0.461 e. The summed E-state index contributed by atoms with van der Waals surface area (Å²) in [5, 5.41) is 14.5. The first-order valence-electron chi connectivity index (χ1n) is 6.54. The number of esters is 1. The number of nitro groups is 1. The second-order valence-corrected chi connectivity index (χ2v) is 4.54. The van der Waals surface area contributed by atoms with Crippen LogP contribution in [-0.2, 0) is 11.3 Å². The number of ether oxygens (including phenoxy) is 1. The molecule has 0 aliphatic carbocycles. The maximum atomic E-state index is 11.9. The molecule has 116 valence electrons. The molecular formula is C15H10N2O6. The van der Waals surface area contributed by atoms with E-state index < -0.39 is 10.9 Å². The highest BCUT2D eigenvalue weighted by Gasteiger charge is 2.14. The van der Waals surface area contributed by atoms with Gasteiger partial charge in [-0.3, -0.25) is 10.1 Å². The van der Waals surface area contributed by atoms with Crippen LogP contribution in [0.1, 0.15) is 16.1 Å². The molecule has 0 N–H and O–H groups in total. The van der Waals surface area contributed by atoms with Crippen molar-refractivity contribution < 1.29 is 23.4 Å². The van der Waals surface area contributed by atoms with Gasteiger partial charge in [0.1, 0.15) is 12.3 Å². The molecule has 23 heavy (non-hydrogen) atoms. The number of furan rings is 1. The summed E-state index contributed by atoms with van der Waals surface area (Å²) in [7, 11) is 0. The SMILES string of the molecule is O=C(OCc1cc(-c2ccco2)on1)c1cccc([N+](=O)[O-])c1. The van der Waals surface area contributed by atoms with Crippen LogP contribution in [0.4, 0.5) is 5.69 Å². The lowest BCUT2D eigenvalue weighted by molar-refractivity contribution is -0.384. The number of non-ortho nitro benzene ring substituents is 1. The summed E-state index contributed by atoms with van der Waals surface area (Å²) in [6.07, 6.45) is 1.50. The maximum Gasteiger partial charge on any atom is 0.338 e. The predicted octanol–water partition coefficient (Wildman–Crippen LogP) is 3.20. The van der Waals surface area contributed by atoms with E-state index in [1.807, 2.05) is 0 Å². The number of aromatic nitrogens is 1. The Morgan fingerprint density at radius 2 is 2.09 bits per heavy atom. The average Bonchev–Trinajstić information content (AvgIpc) is 3.23. The Morgan fingerprint density at radius 1 is 1.22 bits per heavy atom. The van der Waals surface area contributed by atoms with Gasteiger partial charge in [-0.05, 0) is 18.2 Å². The Hall–Kier alpha value is -3.42. The first-order valence-corrected chi connectivity index (χ1v) is 6.54. The lowest BCUT2D eigenvalue weighted by Gasteiger charge is -2.02. The van der Waals surface area contributed by atoms with Gasteiger partial charge in [0.15, 0.2) is 5.76 Å². The van der Waals surface area contributed by atoms with Gasteiger partial charge in [0.25, 0.3) is 5.69 Å². The van der Waals surface area contributed by atoms with Crippen LogP contribution in [0, 0.1) is 10.1 Å². The molecule has 0 atom stereocenters. The molecule has 0 saturated carbocycles. The predicted molar refractivity (Wildman–Crippen MR) is 76.4 cm³/mol. The summed E-state index contributed by atoms with van der Waals surface area (Å²) >= 11 is 0. The lowest BCUT2D eigenvalue weighted by Crippen LogP contribution is -2.05. The zero-order valence-electron chi connectivity index (χ0n) is 11.7. The highest BCUT2D eigenvalue weighted by Crippen LogP contribution is 2.21. The van der Waals surface area contributed by atoms with E-state index >= 15 is 0 Å². The fourth-order valence-corrected chi connectivity index (χ4v) is 1.88. The number of benzene rings is 1. The molecule has 0 aliphatic rings. The van der Waals surface area contributed by atoms with E-state index in [0.29, 0.717) is 17.2 Å².